The molecule has 0 atom stereocenters. The van der Waals surface area contributed by atoms with Crippen LogP contribution in [0.1, 0.15) is 44.1 Å². The normalized spacial score (nSPS) is 10.6. The molecule has 0 saturated heterocycles. The third-order valence-electron chi connectivity index (χ3n) is 3.56. The first-order valence-electron chi connectivity index (χ1n) is 8.62. The van der Waals surface area contributed by atoms with Crippen LogP contribution in [0.15, 0.2) is 36.5 Å². The van der Waals surface area contributed by atoms with Gasteiger partial charge in [0, 0.05) is 19.8 Å². The summed E-state index contributed by atoms with van der Waals surface area (Å²) in [6, 6.07) is 8.98. The Morgan fingerprint density at radius 2 is 2.04 bits per heavy atom. The van der Waals surface area contributed by atoms with Gasteiger partial charge in [-0.05, 0) is 38.5 Å². The number of unbranched alkanes of at least 4 members (excludes halogenated alkanes) is 1. The second kappa shape index (κ2) is 9.01. The number of para-hydroxylation sites is 2. The van der Waals surface area contributed by atoms with Crippen LogP contribution in [0.5, 0.6) is 5.75 Å². The monoisotopic (exact) mass is 342 g/mol. The molecule has 0 aliphatic carbocycles. The fraction of sp³-hybridized carbons (Fsp3) is 0.421. The maximum atomic E-state index is 12.6. The second-order valence-electron chi connectivity index (χ2n) is 6.13. The number of hydrogen-bond donors (Lipinski definition) is 1. The third-order valence-corrected chi connectivity index (χ3v) is 3.56. The van der Waals surface area contributed by atoms with Gasteiger partial charge in [-0.15, -0.1) is 0 Å². The summed E-state index contributed by atoms with van der Waals surface area (Å²) in [4.78, 5) is 23.1. The van der Waals surface area contributed by atoms with Crippen molar-refractivity contribution in [2.45, 2.75) is 39.7 Å². The van der Waals surface area contributed by atoms with Gasteiger partial charge in [-0.2, -0.15) is 0 Å². The van der Waals surface area contributed by atoms with Crippen LogP contribution in [0.2, 0.25) is 0 Å². The summed E-state index contributed by atoms with van der Waals surface area (Å²) >= 11 is 0. The van der Waals surface area contributed by atoms with E-state index in [0.717, 1.165) is 19.4 Å². The molecule has 0 aliphatic rings. The summed E-state index contributed by atoms with van der Waals surface area (Å²) < 4.78 is 5.73. The van der Waals surface area contributed by atoms with Crippen molar-refractivity contribution in [2.24, 2.45) is 0 Å². The Hall–Kier alpha value is -2.63. The quantitative estimate of drug-likeness (QED) is 0.791. The number of anilines is 2. The molecule has 0 fully saturated rings. The van der Waals surface area contributed by atoms with Gasteiger partial charge in [0.25, 0.3) is 5.91 Å². The lowest BCUT2D eigenvalue weighted by Crippen LogP contribution is -2.23. The van der Waals surface area contributed by atoms with Crippen molar-refractivity contribution in [3.05, 3.63) is 42.2 Å². The highest BCUT2D eigenvalue weighted by Crippen LogP contribution is 2.25. The number of benzene rings is 1. The zero-order valence-corrected chi connectivity index (χ0v) is 15.3. The smallest absolute Gasteiger partial charge is 0.274 e. The largest absolute Gasteiger partial charge is 0.489 e. The minimum atomic E-state index is -0.285. The van der Waals surface area contributed by atoms with E-state index in [9.17, 15) is 4.79 Å². The van der Waals surface area contributed by atoms with E-state index in [4.69, 9.17) is 4.74 Å². The Labute approximate surface area is 149 Å². The molecule has 1 aromatic carbocycles. The summed E-state index contributed by atoms with van der Waals surface area (Å²) in [7, 11) is 1.93. The fourth-order valence-corrected chi connectivity index (χ4v) is 2.27. The molecular weight excluding hydrogens is 316 g/mol. The van der Waals surface area contributed by atoms with Crippen LogP contribution >= 0.6 is 0 Å². The first kappa shape index (κ1) is 18.7. The van der Waals surface area contributed by atoms with Crippen molar-refractivity contribution in [3.63, 3.8) is 0 Å². The highest BCUT2D eigenvalue weighted by Gasteiger charge is 2.14. The van der Waals surface area contributed by atoms with E-state index in [0.29, 0.717) is 23.1 Å². The van der Waals surface area contributed by atoms with Crippen LogP contribution in [0, 0.1) is 0 Å². The molecule has 0 radical (unpaired) electrons. The molecule has 6 nitrogen and oxygen atoms in total. The van der Waals surface area contributed by atoms with E-state index in [-0.39, 0.29) is 12.0 Å². The summed E-state index contributed by atoms with van der Waals surface area (Å²) in [6.07, 6.45) is 3.78. The van der Waals surface area contributed by atoms with Gasteiger partial charge in [0.1, 0.15) is 11.4 Å². The molecule has 2 rings (SSSR count). The van der Waals surface area contributed by atoms with Crippen molar-refractivity contribution in [1.82, 2.24) is 9.97 Å². The molecule has 1 aromatic heterocycles. The zero-order valence-electron chi connectivity index (χ0n) is 15.3. The SMILES string of the molecule is CCCCN(C)c1nccc(C(=O)Nc2ccccc2OC(C)C)n1. The highest BCUT2D eigenvalue weighted by atomic mass is 16.5. The van der Waals surface area contributed by atoms with E-state index < -0.39 is 0 Å². The molecule has 0 aliphatic heterocycles. The van der Waals surface area contributed by atoms with Gasteiger partial charge in [0.05, 0.1) is 11.8 Å². The number of carbonyl (C=O) groups excluding carboxylic acids is 1. The Bertz CT molecular complexity index is 703. The molecular formula is C19H26N4O2. The van der Waals surface area contributed by atoms with E-state index in [1.165, 1.54) is 0 Å². The molecule has 2 aromatic rings. The Morgan fingerprint density at radius 3 is 2.76 bits per heavy atom. The van der Waals surface area contributed by atoms with E-state index in [1.807, 2.05) is 50.1 Å². The standard InChI is InChI=1S/C19H26N4O2/c1-5-6-13-23(4)19-20-12-11-16(22-19)18(24)21-15-9-7-8-10-17(15)25-14(2)3/h7-12,14H,5-6,13H2,1-4H3,(H,21,24). The molecule has 0 bridgehead atoms. The van der Waals surface area contributed by atoms with E-state index in [1.54, 1.807) is 12.3 Å². The lowest BCUT2D eigenvalue weighted by molar-refractivity contribution is 0.102. The maximum absolute atomic E-state index is 12.6. The van der Waals surface area contributed by atoms with Gasteiger partial charge >= 0.3 is 0 Å². The Morgan fingerprint density at radius 1 is 1.28 bits per heavy atom. The molecule has 1 N–H and O–H groups in total. The number of carbonyl (C=O) groups is 1. The van der Waals surface area contributed by atoms with Crippen LogP contribution in [-0.4, -0.2) is 35.6 Å². The predicted octanol–water partition coefficient (Wildman–Crippen LogP) is 3.75. The van der Waals surface area contributed by atoms with Gasteiger partial charge in [-0.1, -0.05) is 25.5 Å². The number of rotatable bonds is 8. The predicted molar refractivity (Wildman–Crippen MR) is 100 cm³/mol. The summed E-state index contributed by atoms with van der Waals surface area (Å²) in [5, 5.41) is 2.87. The minimum Gasteiger partial charge on any atom is -0.489 e. The van der Waals surface area contributed by atoms with Gasteiger partial charge in [0.15, 0.2) is 0 Å². The zero-order chi connectivity index (χ0) is 18.2. The van der Waals surface area contributed by atoms with Crippen LogP contribution < -0.4 is 15.0 Å². The summed E-state index contributed by atoms with van der Waals surface area (Å²) in [5.74, 6) is 0.903. The molecule has 0 spiro atoms. The average Bonchev–Trinajstić information content (AvgIpc) is 2.61. The van der Waals surface area contributed by atoms with Gasteiger partial charge in [0.2, 0.25) is 5.95 Å². The molecule has 0 unspecified atom stereocenters. The molecule has 6 heteroatoms. The van der Waals surface area contributed by atoms with Crippen molar-refractivity contribution in [1.29, 1.82) is 0 Å². The Balaban J connectivity index is 2.14. The van der Waals surface area contributed by atoms with Crippen molar-refractivity contribution >= 4 is 17.5 Å². The summed E-state index contributed by atoms with van der Waals surface area (Å²) in [5.41, 5.74) is 0.952. The molecule has 1 heterocycles. The topological polar surface area (TPSA) is 67.4 Å². The number of aromatic nitrogens is 2. The average molecular weight is 342 g/mol. The first-order valence-corrected chi connectivity index (χ1v) is 8.62. The van der Waals surface area contributed by atoms with Crippen molar-refractivity contribution in [3.8, 4) is 5.75 Å². The first-order chi connectivity index (χ1) is 12.0. The number of amides is 1. The third kappa shape index (κ3) is 5.45. The van der Waals surface area contributed by atoms with Crippen molar-refractivity contribution < 1.29 is 9.53 Å². The Kier molecular flexibility index (Phi) is 6.74. The fourth-order valence-electron chi connectivity index (χ4n) is 2.27. The number of ether oxygens (including phenoxy) is 1. The highest BCUT2D eigenvalue weighted by molar-refractivity contribution is 6.03. The lowest BCUT2D eigenvalue weighted by atomic mass is 10.2. The summed E-state index contributed by atoms with van der Waals surface area (Å²) in [6.45, 7) is 6.88. The number of hydrogen-bond acceptors (Lipinski definition) is 5. The molecule has 134 valence electrons. The maximum Gasteiger partial charge on any atom is 0.274 e. The second-order valence-corrected chi connectivity index (χ2v) is 6.13. The molecule has 1 amide bonds. The molecule has 0 saturated carbocycles. The van der Waals surface area contributed by atoms with Crippen LogP contribution in [-0.2, 0) is 0 Å². The van der Waals surface area contributed by atoms with Crippen LogP contribution in [0.25, 0.3) is 0 Å². The van der Waals surface area contributed by atoms with Crippen molar-refractivity contribution in [2.75, 3.05) is 23.8 Å². The van der Waals surface area contributed by atoms with Crippen LogP contribution in [0.4, 0.5) is 11.6 Å². The minimum absolute atomic E-state index is 0.0240. The van der Waals surface area contributed by atoms with Gasteiger partial charge in [-0.25, -0.2) is 9.97 Å². The van der Waals surface area contributed by atoms with Crippen LogP contribution in [0.3, 0.4) is 0 Å². The lowest BCUT2D eigenvalue weighted by Gasteiger charge is -2.17. The molecule has 25 heavy (non-hydrogen) atoms. The van der Waals surface area contributed by atoms with E-state index >= 15 is 0 Å². The van der Waals surface area contributed by atoms with Gasteiger partial charge in [-0.3, -0.25) is 4.79 Å². The van der Waals surface area contributed by atoms with Gasteiger partial charge < -0.3 is 15.0 Å². The number of nitrogens with one attached hydrogen (secondary N) is 1. The van der Waals surface area contributed by atoms with E-state index in [2.05, 4.69) is 22.2 Å². The number of nitrogens with zero attached hydrogens (tertiary/aromatic N) is 3.